The van der Waals surface area contributed by atoms with Crippen LogP contribution in [0.5, 0.6) is 0 Å². The summed E-state index contributed by atoms with van der Waals surface area (Å²) < 4.78 is 7.26. The Bertz CT molecular complexity index is 422. The number of carbonyl (C=O) groups excluding carboxylic acids is 1. The van der Waals surface area contributed by atoms with E-state index in [4.69, 9.17) is 4.74 Å². The molecule has 0 unspecified atom stereocenters. The Morgan fingerprint density at radius 1 is 1.42 bits per heavy atom. The number of carbonyl (C=O) groups is 1. The lowest BCUT2D eigenvalue weighted by Crippen LogP contribution is -2.42. The predicted molar refractivity (Wildman–Crippen MR) is 73.0 cm³/mol. The highest BCUT2D eigenvalue weighted by atomic mass is 16.5. The van der Waals surface area contributed by atoms with Crippen LogP contribution in [-0.4, -0.2) is 34.7 Å². The van der Waals surface area contributed by atoms with Crippen LogP contribution in [0.25, 0.3) is 0 Å². The van der Waals surface area contributed by atoms with Crippen LogP contribution in [0.2, 0.25) is 0 Å². The first-order valence-corrected chi connectivity index (χ1v) is 7.00. The second-order valence-corrected chi connectivity index (χ2v) is 5.42. The number of amides is 1. The highest BCUT2D eigenvalue weighted by molar-refractivity contribution is 5.80. The monoisotopic (exact) mass is 265 g/mol. The molecule has 1 saturated heterocycles. The molecule has 0 bridgehead atoms. The van der Waals surface area contributed by atoms with Gasteiger partial charge in [-0.05, 0) is 19.8 Å². The van der Waals surface area contributed by atoms with E-state index in [0.29, 0.717) is 5.92 Å². The van der Waals surface area contributed by atoms with E-state index in [1.54, 1.807) is 6.20 Å². The summed E-state index contributed by atoms with van der Waals surface area (Å²) in [5.74, 6) is 1.33. The van der Waals surface area contributed by atoms with Gasteiger partial charge in [0.1, 0.15) is 11.9 Å². The van der Waals surface area contributed by atoms with Gasteiger partial charge in [-0.3, -0.25) is 4.79 Å². The van der Waals surface area contributed by atoms with Crippen LogP contribution >= 0.6 is 0 Å². The van der Waals surface area contributed by atoms with Crippen molar-refractivity contribution in [3.05, 3.63) is 18.2 Å². The van der Waals surface area contributed by atoms with Gasteiger partial charge >= 0.3 is 0 Å². The lowest BCUT2D eigenvalue weighted by molar-refractivity contribution is -0.125. The highest BCUT2D eigenvalue weighted by Crippen LogP contribution is 2.18. The van der Waals surface area contributed by atoms with Gasteiger partial charge in [0.25, 0.3) is 0 Å². The third-order valence-electron chi connectivity index (χ3n) is 3.58. The summed E-state index contributed by atoms with van der Waals surface area (Å²) in [5.41, 5.74) is 0. The number of aromatic nitrogens is 2. The molecule has 5 nitrogen and oxygen atoms in total. The number of nitrogens with zero attached hydrogens (tertiary/aromatic N) is 2. The van der Waals surface area contributed by atoms with E-state index in [1.807, 2.05) is 17.7 Å². The first-order valence-electron chi connectivity index (χ1n) is 7.00. The van der Waals surface area contributed by atoms with Gasteiger partial charge in [-0.1, -0.05) is 13.8 Å². The van der Waals surface area contributed by atoms with Crippen molar-refractivity contribution in [3.8, 4) is 0 Å². The molecule has 1 N–H and O–H groups in total. The number of hydrogen-bond acceptors (Lipinski definition) is 3. The van der Waals surface area contributed by atoms with Crippen LogP contribution in [-0.2, 0) is 9.53 Å². The minimum atomic E-state index is -0.220. The lowest BCUT2D eigenvalue weighted by Gasteiger charge is -2.25. The smallest absolute Gasteiger partial charge is 0.243 e. The molecule has 0 aromatic carbocycles. The predicted octanol–water partition coefficient (Wildman–Crippen LogP) is 1.86. The summed E-state index contributed by atoms with van der Waals surface area (Å²) >= 11 is 0. The number of rotatable bonds is 4. The van der Waals surface area contributed by atoms with Crippen LogP contribution in [0.3, 0.4) is 0 Å². The molecule has 1 fully saturated rings. The average Bonchev–Trinajstić information content (AvgIpc) is 2.88. The summed E-state index contributed by atoms with van der Waals surface area (Å²) in [7, 11) is 0. The van der Waals surface area contributed by atoms with Crippen molar-refractivity contribution >= 4 is 5.91 Å². The van der Waals surface area contributed by atoms with E-state index in [1.165, 1.54) is 0 Å². The number of ether oxygens (including phenoxy) is 1. The molecule has 2 heterocycles. The van der Waals surface area contributed by atoms with Gasteiger partial charge in [-0.2, -0.15) is 0 Å². The Balaban J connectivity index is 1.99. The van der Waals surface area contributed by atoms with Gasteiger partial charge in [-0.15, -0.1) is 0 Å². The molecule has 2 rings (SSSR count). The van der Waals surface area contributed by atoms with Crippen molar-refractivity contribution in [2.24, 2.45) is 0 Å². The zero-order chi connectivity index (χ0) is 13.8. The standard InChI is InChI=1S/C14H23N3O2/c1-10(2)13-15-6-7-17(13)11(3)14(18)16-12-4-8-19-9-5-12/h6-7,10-12H,4-5,8-9H2,1-3H3,(H,16,18)/t11-/m1/s1. The molecule has 19 heavy (non-hydrogen) atoms. The maximum absolute atomic E-state index is 12.3. The summed E-state index contributed by atoms with van der Waals surface area (Å²) in [6.45, 7) is 7.56. The molecular weight excluding hydrogens is 242 g/mol. The highest BCUT2D eigenvalue weighted by Gasteiger charge is 2.22. The van der Waals surface area contributed by atoms with Gasteiger partial charge < -0.3 is 14.6 Å². The number of imidazole rings is 1. The molecule has 0 aliphatic carbocycles. The molecule has 0 radical (unpaired) electrons. The van der Waals surface area contributed by atoms with Crippen LogP contribution < -0.4 is 5.32 Å². The summed E-state index contributed by atoms with van der Waals surface area (Å²) in [5, 5.41) is 3.11. The van der Waals surface area contributed by atoms with Gasteiger partial charge in [0.15, 0.2) is 0 Å². The van der Waals surface area contributed by atoms with E-state index in [0.717, 1.165) is 31.9 Å². The third kappa shape index (κ3) is 3.35. The molecule has 106 valence electrons. The maximum atomic E-state index is 12.3. The van der Waals surface area contributed by atoms with Crippen LogP contribution in [0.1, 0.15) is 51.4 Å². The van der Waals surface area contributed by atoms with Gasteiger partial charge in [0.2, 0.25) is 5.91 Å². The van der Waals surface area contributed by atoms with Crippen LogP contribution in [0.15, 0.2) is 12.4 Å². The molecule has 1 aromatic rings. The van der Waals surface area contributed by atoms with Gasteiger partial charge in [0.05, 0.1) is 0 Å². The molecule has 5 heteroatoms. The Kier molecular flexibility index (Phi) is 4.58. The van der Waals surface area contributed by atoms with Gasteiger partial charge in [-0.25, -0.2) is 4.98 Å². The molecule has 0 saturated carbocycles. The average molecular weight is 265 g/mol. The van der Waals surface area contributed by atoms with Crippen molar-refractivity contribution in [1.29, 1.82) is 0 Å². The minimum Gasteiger partial charge on any atom is -0.381 e. The largest absolute Gasteiger partial charge is 0.381 e. The van der Waals surface area contributed by atoms with Crippen molar-refractivity contribution in [1.82, 2.24) is 14.9 Å². The quantitative estimate of drug-likeness (QED) is 0.904. The summed E-state index contributed by atoms with van der Waals surface area (Å²) in [6, 6.07) is 0.0254. The second kappa shape index (κ2) is 6.19. The third-order valence-corrected chi connectivity index (χ3v) is 3.58. The Labute approximate surface area is 114 Å². The van der Waals surface area contributed by atoms with Crippen molar-refractivity contribution in [2.45, 2.75) is 51.6 Å². The first-order chi connectivity index (χ1) is 9.09. The molecular formula is C14H23N3O2. The Hall–Kier alpha value is -1.36. The minimum absolute atomic E-state index is 0.0619. The fourth-order valence-electron chi connectivity index (χ4n) is 2.39. The molecule has 1 aromatic heterocycles. The molecule has 1 aliphatic rings. The van der Waals surface area contributed by atoms with E-state index in [2.05, 4.69) is 24.1 Å². The normalized spacial score (nSPS) is 18.5. The van der Waals surface area contributed by atoms with Crippen LogP contribution in [0, 0.1) is 0 Å². The molecule has 1 atom stereocenters. The van der Waals surface area contributed by atoms with E-state index >= 15 is 0 Å². The van der Waals surface area contributed by atoms with E-state index in [9.17, 15) is 4.79 Å². The topological polar surface area (TPSA) is 56.2 Å². The number of hydrogen-bond donors (Lipinski definition) is 1. The van der Waals surface area contributed by atoms with Crippen LogP contribution in [0.4, 0.5) is 0 Å². The van der Waals surface area contributed by atoms with Gasteiger partial charge in [0, 0.05) is 37.6 Å². The van der Waals surface area contributed by atoms with Crippen molar-refractivity contribution in [3.63, 3.8) is 0 Å². The second-order valence-electron chi connectivity index (χ2n) is 5.42. The number of nitrogens with one attached hydrogen (secondary N) is 1. The van der Waals surface area contributed by atoms with Crippen molar-refractivity contribution < 1.29 is 9.53 Å². The Morgan fingerprint density at radius 2 is 2.11 bits per heavy atom. The molecule has 1 amide bonds. The Morgan fingerprint density at radius 3 is 2.74 bits per heavy atom. The lowest BCUT2D eigenvalue weighted by atomic mass is 10.1. The molecule has 0 spiro atoms. The maximum Gasteiger partial charge on any atom is 0.243 e. The van der Waals surface area contributed by atoms with Crippen molar-refractivity contribution in [2.75, 3.05) is 13.2 Å². The molecule has 1 aliphatic heterocycles. The van der Waals surface area contributed by atoms with E-state index in [-0.39, 0.29) is 18.0 Å². The fraction of sp³-hybridized carbons (Fsp3) is 0.714. The summed E-state index contributed by atoms with van der Waals surface area (Å²) in [4.78, 5) is 16.6. The fourth-order valence-corrected chi connectivity index (χ4v) is 2.39. The SMILES string of the molecule is CC(C)c1nccn1[C@H](C)C(=O)NC1CCOCC1. The zero-order valence-electron chi connectivity index (χ0n) is 11.9. The first kappa shape index (κ1) is 14.1. The summed E-state index contributed by atoms with van der Waals surface area (Å²) in [6.07, 6.45) is 5.44. The zero-order valence-corrected chi connectivity index (χ0v) is 11.9. The van der Waals surface area contributed by atoms with E-state index < -0.39 is 0 Å².